The molecule has 2 N–H and O–H groups in total. The van der Waals surface area contributed by atoms with Gasteiger partial charge in [0.15, 0.2) is 0 Å². The molecule has 18 heavy (non-hydrogen) atoms. The first-order valence-electron chi connectivity index (χ1n) is 6.29. The average Bonchev–Trinajstić information content (AvgIpc) is 2.27. The lowest BCUT2D eigenvalue weighted by atomic mass is 10.1. The molecule has 0 amide bonds. The van der Waals surface area contributed by atoms with E-state index in [1.165, 1.54) is 0 Å². The van der Waals surface area contributed by atoms with E-state index in [4.69, 9.17) is 0 Å². The molecule has 1 saturated heterocycles. The van der Waals surface area contributed by atoms with E-state index in [0.717, 1.165) is 24.5 Å². The lowest BCUT2D eigenvalue weighted by molar-refractivity contribution is 0.195. The largest absolute Gasteiger partial charge is 0.507 e. The molecule has 2 rings (SSSR count). The van der Waals surface area contributed by atoms with Crippen LogP contribution < -0.4 is 4.90 Å². The maximum atomic E-state index is 9.93. The third-order valence-corrected chi connectivity index (χ3v) is 4.55. The van der Waals surface area contributed by atoms with Crippen molar-refractivity contribution in [2.24, 2.45) is 0 Å². The number of aromatic hydroxyl groups is 1. The van der Waals surface area contributed by atoms with Crippen molar-refractivity contribution >= 4 is 17.4 Å². The van der Waals surface area contributed by atoms with Crippen LogP contribution in [0.2, 0.25) is 0 Å². The number of anilines is 1. The van der Waals surface area contributed by atoms with Gasteiger partial charge in [0.2, 0.25) is 0 Å². The first-order valence-corrected chi connectivity index (χ1v) is 7.27. The van der Waals surface area contributed by atoms with Crippen LogP contribution in [0.5, 0.6) is 5.75 Å². The van der Waals surface area contributed by atoms with Gasteiger partial charge in [-0.25, -0.2) is 0 Å². The number of rotatable bonds is 2. The lowest BCUT2D eigenvalue weighted by Crippen LogP contribution is -2.43. The Morgan fingerprint density at radius 3 is 2.67 bits per heavy atom. The van der Waals surface area contributed by atoms with Crippen LogP contribution in [0.1, 0.15) is 32.4 Å². The van der Waals surface area contributed by atoms with E-state index in [1.807, 2.05) is 23.9 Å². The van der Waals surface area contributed by atoms with Gasteiger partial charge in [0, 0.05) is 40.9 Å². The van der Waals surface area contributed by atoms with Gasteiger partial charge < -0.3 is 15.1 Å². The van der Waals surface area contributed by atoms with E-state index in [2.05, 4.69) is 18.7 Å². The molecule has 100 valence electrons. The fourth-order valence-electron chi connectivity index (χ4n) is 2.32. The maximum Gasteiger partial charge on any atom is 0.123 e. The van der Waals surface area contributed by atoms with Crippen LogP contribution in [-0.4, -0.2) is 33.8 Å². The van der Waals surface area contributed by atoms with E-state index in [1.54, 1.807) is 13.0 Å². The number of benzene rings is 1. The molecule has 0 saturated carbocycles. The van der Waals surface area contributed by atoms with Gasteiger partial charge in [-0.3, -0.25) is 0 Å². The molecule has 1 aliphatic rings. The molecule has 3 nitrogen and oxygen atoms in total. The van der Waals surface area contributed by atoms with Crippen molar-refractivity contribution in [1.82, 2.24) is 0 Å². The van der Waals surface area contributed by atoms with Crippen molar-refractivity contribution in [2.45, 2.75) is 31.6 Å². The number of hydrogen-bond donors (Lipinski definition) is 2. The molecule has 1 fully saturated rings. The summed E-state index contributed by atoms with van der Waals surface area (Å²) in [6, 6.07) is 5.55. The summed E-state index contributed by atoms with van der Waals surface area (Å²) in [5.74, 6) is 1.28. The summed E-state index contributed by atoms with van der Waals surface area (Å²) in [5, 5.41) is 19.4. The second-order valence-corrected chi connectivity index (χ2v) is 7.25. The Labute approximate surface area is 113 Å². The highest BCUT2D eigenvalue weighted by molar-refractivity contribution is 8.00. The van der Waals surface area contributed by atoms with Crippen LogP contribution in [0, 0.1) is 0 Å². The van der Waals surface area contributed by atoms with Crippen LogP contribution >= 0.6 is 11.8 Å². The van der Waals surface area contributed by atoms with Crippen molar-refractivity contribution < 1.29 is 10.2 Å². The van der Waals surface area contributed by atoms with Crippen LogP contribution in [0.3, 0.4) is 0 Å². The number of aliphatic hydroxyl groups is 1. The van der Waals surface area contributed by atoms with E-state index in [0.29, 0.717) is 5.56 Å². The standard InChI is InChI=1S/C14H21NO2S/c1-10(16)12-5-4-11(8-13(12)17)15-6-7-18-14(2,3)9-15/h4-5,8,10,16-17H,6-7,9H2,1-3H3. The maximum absolute atomic E-state index is 9.93. The summed E-state index contributed by atoms with van der Waals surface area (Å²) in [6.07, 6.45) is -0.632. The van der Waals surface area contributed by atoms with Gasteiger partial charge in [0.1, 0.15) is 5.75 Å². The molecule has 0 aromatic heterocycles. The molecule has 1 aromatic carbocycles. The highest BCUT2D eigenvalue weighted by atomic mass is 32.2. The Hall–Kier alpha value is -0.870. The van der Waals surface area contributed by atoms with Gasteiger partial charge in [-0.05, 0) is 26.8 Å². The Balaban J connectivity index is 2.21. The zero-order valence-electron chi connectivity index (χ0n) is 11.2. The van der Waals surface area contributed by atoms with Crippen molar-refractivity contribution in [1.29, 1.82) is 0 Å². The second-order valence-electron chi connectivity index (χ2n) is 5.45. The molecule has 4 heteroatoms. The molecular weight excluding hydrogens is 246 g/mol. The Bertz CT molecular complexity index is 432. The first kappa shape index (κ1) is 13.6. The quantitative estimate of drug-likeness (QED) is 0.865. The summed E-state index contributed by atoms with van der Waals surface area (Å²) < 4.78 is 0.247. The molecule has 0 radical (unpaired) electrons. The van der Waals surface area contributed by atoms with Crippen LogP contribution in [0.15, 0.2) is 18.2 Å². The number of hydrogen-bond acceptors (Lipinski definition) is 4. The SMILES string of the molecule is CC(O)c1ccc(N2CCSC(C)(C)C2)cc1O. The molecule has 0 spiro atoms. The summed E-state index contributed by atoms with van der Waals surface area (Å²) >= 11 is 1.99. The van der Waals surface area contributed by atoms with E-state index < -0.39 is 6.10 Å². The lowest BCUT2D eigenvalue weighted by Gasteiger charge is -2.39. The van der Waals surface area contributed by atoms with Crippen molar-refractivity contribution in [2.75, 3.05) is 23.7 Å². The predicted octanol–water partition coefficient (Wildman–Crippen LogP) is 2.78. The fourth-order valence-corrected chi connectivity index (χ4v) is 3.43. The smallest absolute Gasteiger partial charge is 0.123 e. The van der Waals surface area contributed by atoms with Gasteiger partial charge in [0.05, 0.1) is 6.10 Å². The van der Waals surface area contributed by atoms with Crippen LogP contribution in [0.25, 0.3) is 0 Å². The predicted molar refractivity (Wildman–Crippen MR) is 77.5 cm³/mol. The minimum Gasteiger partial charge on any atom is -0.507 e. The number of phenols is 1. The zero-order chi connectivity index (χ0) is 13.3. The van der Waals surface area contributed by atoms with Gasteiger partial charge in [0.25, 0.3) is 0 Å². The van der Waals surface area contributed by atoms with Gasteiger partial charge in [-0.1, -0.05) is 6.07 Å². The fraction of sp³-hybridized carbons (Fsp3) is 0.571. The van der Waals surface area contributed by atoms with Crippen molar-refractivity contribution in [3.8, 4) is 5.75 Å². The topological polar surface area (TPSA) is 43.7 Å². The summed E-state index contributed by atoms with van der Waals surface area (Å²) in [4.78, 5) is 2.29. The zero-order valence-corrected chi connectivity index (χ0v) is 12.0. The number of nitrogens with zero attached hydrogens (tertiary/aromatic N) is 1. The average molecular weight is 267 g/mol. The number of phenolic OH excluding ortho intramolecular Hbond substituents is 1. The Kier molecular flexibility index (Phi) is 3.78. The third-order valence-electron chi connectivity index (χ3n) is 3.25. The molecule has 1 heterocycles. The highest BCUT2D eigenvalue weighted by Gasteiger charge is 2.27. The van der Waals surface area contributed by atoms with Gasteiger partial charge in [-0.15, -0.1) is 0 Å². The highest BCUT2D eigenvalue weighted by Crippen LogP contribution is 2.34. The minimum absolute atomic E-state index is 0.179. The molecule has 1 aliphatic heterocycles. The number of aliphatic hydroxyl groups excluding tert-OH is 1. The first-order chi connectivity index (χ1) is 8.39. The van der Waals surface area contributed by atoms with Crippen LogP contribution in [0.4, 0.5) is 5.69 Å². The van der Waals surface area contributed by atoms with E-state index in [-0.39, 0.29) is 10.5 Å². The Morgan fingerprint density at radius 2 is 2.11 bits per heavy atom. The molecular formula is C14H21NO2S. The molecule has 1 aromatic rings. The molecule has 0 bridgehead atoms. The van der Waals surface area contributed by atoms with Gasteiger partial charge >= 0.3 is 0 Å². The molecule has 0 aliphatic carbocycles. The molecule has 1 unspecified atom stereocenters. The van der Waals surface area contributed by atoms with Crippen LogP contribution in [-0.2, 0) is 0 Å². The summed E-state index contributed by atoms with van der Waals surface area (Å²) in [6.45, 7) is 8.13. The van der Waals surface area contributed by atoms with Crippen molar-refractivity contribution in [3.63, 3.8) is 0 Å². The van der Waals surface area contributed by atoms with E-state index in [9.17, 15) is 10.2 Å². The normalized spacial score (nSPS) is 20.8. The molecule has 1 atom stereocenters. The second kappa shape index (κ2) is 5.02. The van der Waals surface area contributed by atoms with Crippen molar-refractivity contribution in [3.05, 3.63) is 23.8 Å². The Morgan fingerprint density at radius 1 is 1.39 bits per heavy atom. The summed E-state index contributed by atoms with van der Waals surface area (Å²) in [7, 11) is 0. The minimum atomic E-state index is -0.632. The van der Waals surface area contributed by atoms with Gasteiger partial charge in [-0.2, -0.15) is 11.8 Å². The number of thioether (sulfide) groups is 1. The monoisotopic (exact) mass is 267 g/mol. The van der Waals surface area contributed by atoms with E-state index >= 15 is 0 Å². The summed E-state index contributed by atoms with van der Waals surface area (Å²) in [5.41, 5.74) is 1.62. The third kappa shape index (κ3) is 2.93.